The molecule has 0 aliphatic rings. The van der Waals surface area contributed by atoms with Gasteiger partial charge in [-0.05, 0) is 0 Å². The molecule has 0 aliphatic heterocycles. The Labute approximate surface area is 85.6 Å². The zero-order valence-corrected chi connectivity index (χ0v) is 7.79. The second-order valence-electron chi connectivity index (χ2n) is 2.80. The third-order valence-corrected chi connectivity index (χ3v) is 1.67. The normalized spacial score (nSPS) is 9.87. The van der Waals surface area contributed by atoms with E-state index < -0.39 is 0 Å². The van der Waals surface area contributed by atoms with Gasteiger partial charge in [-0.15, -0.1) is 0 Å². The van der Waals surface area contributed by atoms with Crippen LogP contribution in [0.4, 0.5) is 6.01 Å². The van der Waals surface area contributed by atoms with Crippen molar-refractivity contribution in [2.45, 2.75) is 0 Å². The summed E-state index contributed by atoms with van der Waals surface area (Å²) in [6.07, 6.45) is 0. The van der Waals surface area contributed by atoms with Crippen molar-refractivity contribution in [1.29, 1.82) is 0 Å². The van der Waals surface area contributed by atoms with Gasteiger partial charge in [-0.1, -0.05) is 35.5 Å². The van der Waals surface area contributed by atoms with Crippen molar-refractivity contribution in [2.24, 2.45) is 16.5 Å². The molecule has 6 heteroatoms. The quantitative estimate of drug-likeness (QED) is 0.550. The average Bonchev–Trinajstić information content (AvgIpc) is 2.67. The van der Waals surface area contributed by atoms with E-state index in [1.165, 1.54) is 0 Å². The molecule has 0 radical (unpaired) electrons. The number of aliphatic imine (C=N–C) groups is 1. The summed E-state index contributed by atoms with van der Waals surface area (Å²) < 4.78 is 4.82. The minimum Gasteiger partial charge on any atom is -0.370 e. The Kier molecular flexibility index (Phi) is 2.32. The van der Waals surface area contributed by atoms with Gasteiger partial charge in [0, 0.05) is 5.56 Å². The molecule has 1 aromatic carbocycles. The Bertz CT molecular complexity index is 472. The molecule has 2 rings (SSSR count). The number of aromatic nitrogens is 2. The third-order valence-electron chi connectivity index (χ3n) is 1.67. The lowest BCUT2D eigenvalue weighted by atomic mass is 10.2. The Morgan fingerprint density at radius 1 is 1.20 bits per heavy atom. The summed E-state index contributed by atoms with van der Waals surface area (Å²) in [5.74, 6) is 0.342. The van der Waals surface area contributed by atoms with Gasteiger partial charge in [0.15, 0.2) is 5.96 Å². The predicted octanol–water partition coefficient (Wildman–Crippen LogP) is 0.642. The SMILES string of the molecule is NC(N)=Nc1nc(-c2ccccc2)no1. The van der Waals surface area contributed by atoms with E-state index in [4.69, 9.17) is 16.0 Å². The van der Waals surface area contributed by atoms with Gasteiger partial charge in [0.2, 0.25) is 5.82 Å². The summed E-state index contributed by atoms with van der Waals surface area (Å²) >= 11 is 0. The van der Waals surface area contributed by atoms with Gasteiger partial charge in [-0.3, -0.25) is 0 Å². The van der Waals surface area contributed by atoms with Gasteiger partial charge in [-0.2, -0.15) is 9.98 Å². The Hall–Kier alpha value is -2.37. The van der Waals surface area contributed by atoms with Crippen molar-refractivity contribution < 1.29 is 4.52 Å². The van der Waals surface area contributed by atoms with E-state index in [1.807, 2.05) is 30.3 Å². The number of hydrogen-bond acceptors (Lipinski definition) is 4. The molecule has 0 saturated heterocycles. The van der Waals surface area contributed by atoms with E-state index in [1.54, 1.807) is 0 Å². The molecule has 2 aromatic rings. The second kappa shape index (κ2) is 3.79. The average molecular weight is 203 g/mol. The third kappa shape index (κ3) is 2.11. The van der Waals surface area contributed by atoms with Crippen molar-refractivity contribution in [3.8, 4) is 11.4 Å². The zero-order valence-electron chi connectivity index (χ0n) is 7.79. The number of benzene rings is 1. The molecule has 15 heavy (non-hydrogen) atoms. The van der Waals surface area contributed by atoms with Crippen LogP contribution < -0.4 is 11.5 Å². The van der Waals surface area contributed by atoms with Crippen LogP contribution in [0.2, 0.25) is 0 Å². The highest BCUT2D eigenvalue weighted by molar-refractivity contribution is 5.77. The molecule has 6 nitrogen and oxygen atoms in total. The number of nitrogens with zero attached hydrogens (tertiary/aromatic N) is 3. The first kappa shape index (κ1) is 9.20. The fourth-order valence-electron chi connectivity index (χ4n) is 1.08. The highest BCUT2D eigenvalue weighted by atomic mass is 16.5. The summed E-state index contributed by atoms with van der Waals surface area (Å²) in [6.45, 7) is 0. The first-order valence-corrected chi connectivity index (χ1v) is 4.24. The molecule has 0 amide bonds. The van der Waals surface area contributed by atoms with Gasteiger partial charge >= 0.3 is 6.01 Å². The minimum atomic E-state index is -0.113. The lowest BCUT2D eigenvalue weighted by Crippen LogP contribution is -2.21. The molecule has 1 aromatic heterocycles. The molecule has 0 atom stereocenters. The number of guanidine groups is 1. The Morgan fingerprint density at radius 2 is 1.93 bits per heavy atom. The molecule has 0 unspecified atom stereocenters. The standard InChI is InChI=1S/C9H9N5O/c10-8(11)13-9-12-7(14-15-9)6-4-2-1-3-5-6/h1-5H,(H4,10,11,12,13,14). The summed E-state index contributed by atoms with van der Waals surface area (Å²) in [5, 5.41) is 3.74. The molecule has 0 aliphatic carbocycles. The van der Waals surface area contributed by atoms with Crippen molar-refractivity contribution in [3.63, 3.8) is 0 Å². The van der Waals surface area contributed by atoms with Crippen LogP contribution in [0.1, 0.15) is 0 Å². The topological polar surface area (TPSA) is 103 Å². The zero-order chi connectivity index (χ0) is 10.7. The highest BCUT2D eigenvalue weighted by Gasteiger charge is 2.06. The van der Waals surface area contributed by atoms with Crippen molar-refractivity contribution >= 4 is 12.0 Å². The van der Waals surface area contributed by atoms with Crippen LogP contribution >= 0.6 is 0 Å². The molecule has 76 valence electrons. The van der Waals surface area contributed by atoms with Crippen LogP contribution in [-0.2, 0) is 0 Å². The molecule has 0 saturated carbocycles. The minimum absolute atomic E-state index is 0.0499. The monoisotopic (exact) mass is 203 g/mol. The Balaban J connectivity index is 2.32. The molecule has 1 heterocycles. The van der Waals surface area contributed by atoms with Crippen molar-refractivity contribution in [2.75, 3.05) is 0 Å². The summed E-state index contributed by atoms with van der Waals surface area (Å²) in [4.78, 5) is 7.63. The maximum atomic E-state index is 5.17. The van der Waals surface area contributed by atoms with Gasteiger partial charge in [0.05, 0.1) is 0 Å². The molecule has 0 fully saturated rings. The number of hydrogen-bond donors (Lipinski definition) is 2. The molecule has 0 bridgehead atoms. The molecular formula is C9H9N5O. The van der Waals surface area contributed by atoms with E-state index in [0.717, 1.165) is 5.56 Å². The Morgan fingerprint density at radius 3 is 2.60 bits per heavy atom. The lowest BCUT2D eigenvalue weighted by Gasteiger charge is -1.89. The molecule has 0 spiro atoms. The molecule has 4 N–H and O–H groups in total. The van der Waals surface area contributed by atoms with Gasteiger partial charge in [0.1, 0.15) is 0 Å². The first-order chi connectivity index (χ1) is 7.25. The van der Waals surface area contributed by atoms with E-state index in [0.29, 0.717) is 5.82 Å². The fourth-order valence-corrected chi connectivity index (χ4v) is 1.08. The number of nitrogens with two attached hydrogens (primary N) is 2. The van der Waals surface area contributed by atoms with Crippen LogP contribution in [0.15, 0.2) is 39.8 Å². The van der Waals surface area contributed by atoms with E-state index in [-0.39, 0.29) is 12.0 Å². The first-order valence-electron chi connectivity index (χ1n) is 4.24. The van der Waals surface area contributed by atoms with Crippen LogP contribution in [-0.4, -0.2) is 16.1 Å². The smallest absolute Gasteiger partial charge is 0.351 e. The van der Waals surface area contributed by atoms with Crippen molar-refractivity contribution in [3.05, 3.63) is 30.3 Å². The van der Waals surface area contributed by atoms with Crippen molar-refractivity contribution in [1.82, 2.24) is 10.1 Å². The van der Waals surface area contributed by atoms with E-state index in [9.17, 15) is 0 Å². The maximum absolute atomic E-state index is 5.17. The largest absolute Gasteiger partial charge is 0.370 e. The second-order valence-corrected chi connectivity index (χ2v) is 2.80. The highest BCUT2D eigenvalue weighted by Crippen LogP contribution is 2.17. The van der Waals surface area contributed by atoms with Crippen LogP contribution in [0, 0.1) is 0 Å². The summed E-state index contributed by atoms with van der Waals surface area (Å²) in [5.41, 5.74) is 11.2. The van der Waals surface area contributed by atoms with E-state index in [2.05, 4.69) is 15.1 Å². The lowest BCUT2D eigenvalue weighted by molar-refractivity contribution is 0.430. The maximum Gasteiger partial charge on any atom is 0.351 e. The number of rotatable bonds is 2. The summed E-state index contributed by atoms with van der Waals surface area (Å²) in [6, 6.07) is 9.45. The molecular weight excluding hydrogens is 194 g/mol. The van der Waals surface area contributed by atoms with Gasteiger partial charge in [-0.25, -0.2) is 0 Å². The van der Waals surface area contributed by atoms with Gasteiger partial charge in [0.25, 0.3) is 0 Å². The summed E-state index contributed by atoms with van der Waals surface area (Å²) in [7, 11) is 0. The van der Waals surface area contributed by atoms with Crippen LogP contribution in [0.25, 0.3) is 11.4 Å². The van der Waals surface area contributed by atoms with Crippen LogP contribution in [0.3, 0.4) is 0 Å². The predicted molar refractivity (Wildman–Crippen MR) is 55.2 cm³/mol. The van der Waals surface area contributed by atoms with Crippen LogP contribution in [0.5, 0.6) is 0 Å². The fraction of sp³-hybridized carbons (Fsp3) is 0. The van der Waals surface area contributed by atoms with E-state index >= 15 is 0 Å². The van der Waals surface area contributed by atoms with Gasteiger partial charge < -0.3 is 16.0 Å².